The average molecular weight is 233 g/mol. The molecule has 0 aliphatic rings. The second-order valence-corrected chi connectivity index (χ2v) is 3.54. The van der Waals surface area contributed by atoms with Crippen LogP contribution in [0.5, 0.6) is 11.5 Å². The molecule has 1 aromatic carbocycles. The molecule has 4 nitrogen and oxygen atoms in total. The van der Waals surface area contributed by atoms with E-state index in [2.05, 4.69) is 0 Å². The van der Waals surface area contributed by atoms with Crippen LogP contribution in [0.2, 0.25) is 0 Å². The van der Waals surface area contributed by atoms with Gasteiger partial charge in [0.05, 0.1) is 13.4 Å². The summed E-state index contributed by atoms with van der Waals surface area (Å²) >= 11 is 0. The molecule has 1 aromatic heterocycles. The van der Waals surface area contributed by atoms with Gasteiger partial charge in [-0.15, -0.1) is 0 Å². The van der Waals surface area contributed by atoms with Crippen molar-refractivity contribution in [3.63, 3.8) is 0 Å². The van der Waals surface area contributed by atoms with E-state index in [9.17, 15) is 0 Å². The van der Waals surface area contributed by atoms with E-state index in [-0.39, 0.29) is 6.10 Å². The summed E-state index contributed by atoms with van der Waals surface area (Å²) in [4.78, 5) is 0. The Morgan fingerprint density at radius 3 is 2.71 bits per heavy atom. The predicted octanol–water partition coefficient (Wildman–Crippen LogP) is 2.37. The summed E-state index contributed by atoms with van der Waals surface area (Å²) in [6.45, 7) is 0.352. The number of hydrogen-bond donors (Lipinski definition) is 1. The van der Waals surface area contributed by atoms with Gasteiger partial charge in [0, 0.05) is 12.6 Å². The van der Waals surface area contributed by atoms with Gasteiger partial charge in [0.25, 0.3) is 0 Å². The van der Waals surface area contributed by atoms with Crippen molar-refractivity contribution in [1.82, 2.24) is 0 Å². The van der Waals surface area contributed by atoms with Crippen LogP contribution in [0.4, 0.5) is 0 Å². The lowest BCUT2D eigenvalue weighted by Gasteiger charge is -2.15. The molecule has 17 heavy (non-hydrogen) atoms. The Kier molecular flexibility index (Phi) is 3.67. The maximum Gasteiger partial charge on any atom is 0.168 e. The monoisotopic (exact) mass is 233 g/mol. The Morgan fingerprint density at radius 1 is 1.24 bits per heavy atom. The van der Waals surface area contributed by atoms with Gasteiger partial charge < -0.3 is 19.6 Å². The largest absolute Gasteiger partial charge is 0.497 e. The minimum absolute atomic E-state index is 0.280. The zero-order valence-electron chi connectivity index (χ0n) is 9.63. The van der Waals surface area contributed by atoms with Gasteiger partial charge in [0.15, 0.2) is 6.10 Å². The van der Waals surface area contributed by atoms with Crippen molar-refractivity contribution in [2.75, 3.05) is 13.7 Å². The highest BCUT2D eigenvalue weighted by atomic mass is 16.5. The first-order chi connectivity index (χ1) is 8.33. The highest BCUT2D eigenvalue weighted by Crippen LogP contribution is 2.24. The number of benzene rings is 1. The number of nitrogens with two attached hydrogens (primary N) is 1. The van der Waals surface area contributed by atoms with E-state index in [0.717, 1.165) is 11.5 Å². The van der Waals surface area contributed by atoms with Crippen molar-refractivity contribution in [2.24, 2.45) is 5.73 Å². The summed E-state index contributed by atoms with van der Waals surface area (Å²) in [6.07, 6.45) is 1.32. The SMILES string of the molecule is COc1cccc(OC(CN)c2ccco2)c1. The summed E-state index contributed by atoms with van der Waals surface area (Å²) in [5.74, 6) is 2.17. The summed E-state index contributed by atoms with van der Waals surface area (Å²) in [6, 6.07) is 11.0. The Hall–Kier alpha value is -1.94. The molecule has 0 radical (unpaired) electrons. The van der Waals surface area contributed by atoms with Crippen LogP contribution in [-0.4, -0.2) is 13.7 Å². The van der Waals surface area contributed by atoms with Crippen LogP contribution >= 0.6 is 0 Å². The molecule has 0 bridgehead atoms. The minimum Gasteiger partial charge on any atom is -0.497 e. The lowest BCUT2D eigenvalue weighted by molar-refractivity contribution is 0.183. The van der Waals surface area contributed by atoms with Crippen molar-refractivity contribution >= 4 is 0 Å². The lowest BCUT2D eigenvalue weighted by atomic mass is 10.2. The maximum absolute atomic E-state index is 5.75. The van der Waals surface area contributed by atoms with Crippen molar-refractivity contribution in [3.05, 3.63) is 48.4 Å². The van der Waals surface area contributed by atoms with E-state index >= 15 is 0 Å². The highest BCUT2D eigenvalue weighted by molar-refractivity contribution is 5.33. The average Bonchev–Trinajstić information content (AvgIpc) is 2.90. The Balaban J connectivity index is 2.13. The van der Waals surface area contributed by atoms with E-state index in [1.54, 1.807) is 13.4 Å². The molecule has 0 spiro atoms. The summed E-state index contributed by atoms with van der Waals surface area (Å²) in [5.41, 5.74) is 5.67. The molecule has 0 saturated heterocycles. The van der Waals surface area contributed by atoms with Crippen molar-refractivity contribution < 1.29 is 13.9 Å². The second-order valence-electron chi connectivity index (χ2n) is 3.54. The first kappa shape index (κ1) is 11.5. The van der Waals surface area contributed by atoms with E-state index in [1.807, 2.05) is 36.4 Å². The van der Waals surface area contributed by atoms with E-state index < -0.39 is 0 Å². The molecule has 0 aliphatic carbocycles. The van der Waals surface area contributed by atoms with Crippen LogP contribution in [-0.2, 0) is 0 Å². The molecular formula is C13H15NO3. The van der Waals surface area contributed by atoms with Crippen LogP contribution < -0.4 is 15.2 Å². The van der Waals surface area contributed by atoms with Crippen LogP contribution in [0.15, 0.2) is 47.1 Å². The zero-order chi connectivity index (χ0) is 12.1. The Labute approximate surface area is 99.9 Å². The fourth-order valence-electron chi connectivity index (χ4n) is 1.54. The minimum atomic E-state index is -0.280. The van der Waals surface area contributed by atoms with Crippen molar-refractivity contribution in [3.8, 4) is 11.5 Å². The molecule has 90 valence electrons. The second kappa shape index (κ2) is 5.41. The number of methoxy groups -OCH3 is 1. The van der Waals surface area contributed by atoms with Gasteiger partial charge in [0.2, 0.25) is 0 Å². The molecule has 0 saturated carbocycles. The summed E-state index contributed by atoms with van der Waals surface area (Å²) in [5, 5.41) is 0. The molecule has 0 aliphatic heterocycles. The zero-order valence-corrected chi connectivity index (χ0v) is 9.63. The highest BCUT2D eigenvalue weighted by Gasteiger charge is 2.14. The van der Waals surface area contributed by atoms with E-state index in [4.69, 9.17) is 19.6 Å². The summed E-state index contributed by atoms with van der Waals surface area (Å²) in [7, 11) is 1.62. The van der Waals surface area contributed by atoms with E-state index in [1.165, 1.54) is 0 Å². The van der Waals surface area contributed by atoms with Gasteiger partial charge in [0.1, 0.15) is 17.3 Å². The topological polar surface area (TPSA) is 57.6 Å². The van der Waals surface area contributed by atoms with Crippen LogP contribution in [0.3, 0.4) is 0 Å². The van der Waals surface area contributed by atoms with Gasteiger partial charge in [-0.2, -0.15) is 0 Å². The molecule has 2 rings (SSSR count). The fourth-order valence-corrected chi connectivity index (χ4v) is 1.54. The van der Waals surface area contributed by atoms with Crippen molar-refractivity contribution in [2.45, 2.75) is 6.10 Å². The van der Waals surface area contributed by atoms with Gasteiger partial charge >= 0.3 is 0 Å². The molecule has 0 amide bonds. The molecular weight excluding hydrogens is 218 g/mol. The third-order valence-electron chi connectivity index (χ3n) is 2.39. The fraction of sp³-hybridized carbons (Fsp3) is 0.231. The maximum atomic E-state index is 5.75. The molecule has 0 fully saturated rings. The third kappa shape index (κ3) is 2.79. The van der Waals surface area contributed by atoms with Crippen LogP contribution in [0.25, 0.3) is 0 Å². The normalized spacial score (nSPS) is 12.1. The molecule has 1 unspecified atom stereocenters. The standard InChI is InChI=1S/C13H15NO3/c1-15-10-4-2-5-11(8-10)17-13(9-14)12-6-3-7-16-12/h2-8,13H,9,14H2,1H3. The Morgan fingerprint density at radius 2 is 2.06 bits per heavy atom. The van der Waals surface area contributed by atoms with Crippen LogP contribution in [0, 0.1) is 0 Å². The molecule has 1 atom stereocenters. The number of rotatable bonds is 5. The number of hydrogen-bond acceptors (Lipinski definition) is 4. The molecule has 4 heteroatoms. The summed E-state index contributed by atoms with van der Waals surface area (Å²) < 4.78 is 16.2. The van der Waals surface area contributed by atoms with Crippen LogP contribution in [0.1, 0.15) is 11.9 Å². The molecule has 1 heterocycles. The number of furan rings is 1. The smallest absolute Gasteiger partial charge is 0.168 e. The third-order valence-corrected chi connectivity index (χ3v) is 2.39. The molecule has 2 N–H and O–H groups in total. The van der Waals surface area contributed by atoms with Gasteiger partial charge in [-0.05, 0) is 24.3 Å². The molecule has 2 aromatic rings. The first-order valence-corrected chi connectivity index (χ1v) is 5.37. The van der Waals surface area contributed by atoms with Crippen molar-refractivity contribution in [1.29, 1.82) is 0 Å². The number of ether oxygens (including phenoxy) is 2. The predicted molar refractivity (Wildman–Crippen MR) is 64.1 cm³/mol. The quantitative estimate of drug-likeness (QED) is 0.861. The van der Waals surface area contributed by atoms with E-state index in [0.29, 0.717) is 12.3 Å². The lowest BCUT2D eigenvalue weighted by Crippen LogP contribution is -2.17. The Bertz CT molecular complexity index is 453. The van der Waals surface area contributed by atoms with Gasteiger partial charge in [-0.25, -0.2) is 0 Å². The first-order valence-electron chi connectivity index (χ1n) is 5.37. The van der Waals surface area contributed by atoms with Gasteiger partial charge in [-0.3, -0.25) is 0 Å². The van der Waals surface area contributed by atoms with Gasteiger partial charge in [-0.1, -0.05) is 6.07 Å².